The summed E-state index contributed by atoms with van der Waals surface area (Å²) >= 11 is 0. The lowest BCUT2D eigenvalue weighted by Crippen LogP contribution is -1.95. The van der Waals surface area contributed by atoms with Crippen LogP contribution in [0.5, 0.6) is 0 Å². The van der Waals surface area contributed by atoms with Gasteiger partial charge >= 0.3 is 0 Å². The van der Waals surface area contributed by atoms with Crippen LogP contribution in [0.15, 0.2) is 164 Å². The van der Waals surface area contributed by atoms with Gasteiger partial charge in [-0.1, -0.05) is 133 Å². The fourth-order valence-electron chi connectivity index (χ4n) is 7.21. The second-order valence-electron chi connectivity index (χ2n) is 12.0. The van der Waals surface area contributed by atoms with Crippen LogP contribution in [0, 0.1) is 6.92 Å². The summed E-state index contributed by atoms with van der Waals surface area (Å²) in [6, 6.07) is 59.3. The molecule has 0 unspecified atom stereocenters. The van der Waals surface area contributed by atoms with Crippen molar-refractivity contribution in [2.75, 3.05) is 0 Å². The van der Waals surface area contributed by atoms with Crippen LogP contribution in [-0.4, -0.2) is 9.55 Å². The van der Waals surface area contributed by atoms with Crippen LogP contribution in [0.4, 0.5) is 0 Å². The highest BCUT2D eigenvalue weighted by Crippen LogP contribution is 2.44. The number of benzene rings is 8. The molecule has 2 nitrogen and oxygen atoms in total. The summed E-state index contributed by atoms with van der Waals surface area (Å²) in [6.07, 6.45) is 0. The summed E-state index contributed by atoms with van der Waals surface area (Å²) in [5.74, 6) is 0.986. The van der Waals surface area contributed by atoms with Gasteiger partial charge in [0.05, 0.1) is 11.0 Å². The molecule has 0 N–H and O–H groups in total. The molecule has 46 heavy (non-hydrogen) atoms. The van der Waals surface area contributed by atoms with Crippen molar-refractivity contribution in [3.63, 3.8) is 0 Å². The van der Waals surface area contributed by atoms with Crippen molar-refractivity contribution < 1.29 is 0 Å². The van der Waals surface area contributed by atoms with E-state index in [0.717, 1.165) is 28.1 Å². The molecule has 1 aromatic heterocycles. The summed E-state index contributed by atoms with van der Waals surface area (Å²) in [6.45, 7) is 2.07. The van der Waals surface area contributed by atoms with E-state index in [-0.39, 0.29) is 0 Å². The average molecular weight is 587 g/mol. The first kappa shape index (κ1) is 26.4. The largest absolute Gasteiger partial charge is 0.297 e. The van der Waals surface area contributed by atoms with E-state index in [2.05, 4.69) is 169 Å². The van der Waals surface area contributed by atoms with E-state index >= 15 is 0 Å². The maximum absolute atomic E-state index is 4.92. The van der Waals surface area contributed by atoms with E-state index in [9.17, 15) is 0 Å². The number of fused-ring (bicyclic) bond motifs is 4. The standard InChI is InChI=1S/C44H30N2/c1-29-45-41-28-34(25-26-42(41)46(29)36-13-3-2-4-14-36)31-19-22-32(23-20-31)43-37-15-7-9-17-39(37)44(40-18-10-8-16-38(40)43)35-24-21-30-11-5-6-12-33(30)27-35/h2-28H,1H3. The van der Waals surface area contributed by atoms with Gasteiger partial charge in [-0.15, -0.1) is 0 Å². The SMILES string of the molecule is Cc1nc2cc(-c3ccc(-c4c5ccccc5c(-c5ccc6ccccc6c5)c5ccccc45)cc3)ccc2n1-c1ccccc1. The molecule has 1 heterocycles. The zero-order valence-electron chi connectivity index (χ0n) is 25.5. The van der Waals surface area contributed by atoms with Crippen molar-refractivity contribution in [1.82, 2.24) is 9.55 Å². The fraction of sp³-hybridized carbons (Fsp3) is 0.0227. The molecule has 9 rings (SSSR count). The summed E-state index contributed by atoms with van der Waals surface area (Å²) in [5.41, 5.74) is 10.6. The zero-order valence-corrected chi connectivity index (χ0v) is 25.5. The van der Waals surface area contributed by atoms with Crippen molar-refractivity contribution in [2.45, 2.75) is 6.92 Å². The summed E-state index contributed by atoms with van der Waals surface area (Å²) in [5, 5.41) is 7.58. The molecule has 9 aromatic rings. The van der Waals surface area contributed by atoms with E-state index in [1.54, 1.807) is 0 Å². The molecule has 8 aromatic carbocycles. The molecular formula is C44H30N2. The van der Waals surface area contributed by atoms with Gasteiger partial charge in [-0.3, -0.25) is 4.57 Å². The van der Waals surface area contributed by atoms with E-state index in [1.807, 2.05) is 6.07 Å². The Morgan fingerprint density at radius 2 is 0.935 bits per heavy atom. The Kier molecular flexibility index (Phi) is 6.07. The van der Waals surface area contributed by atoms with Crippen molar-refractivity contribution in [1.29, 1.82) is 0 Å². The minimum absolute atomic E-state index is 0.986. The molecule has 0 bridgehead atoms. The van der Waals surface area contributed by atoms with Crippen LogP contribution in [0.25, 0.3) is 82.4 Å². The molecule has 0 aliphatic heterocycles. The van der Waals surface area contributed by atoms with Gasteiger partial charge in [-0.25, -0.2) is 4.98 Å². The van der Waals surface area contributed by atoms with E-state index < -0.39 is 0 Å². The van der Waals surface area contributed by atoms with Crippen molar-refractivity contribution in [3.05, 3.63) is 170 Å². The smallest absolute Gasteiger partial charge is 0.111 e. The van der Waals surface area contributed by atoms with Crippen LogP contribution in [0.3, 0.4) is 0 Å². The molecule has 0 fully saturated rings. The van der Waals surface area contributed by atoms with Crippen molar-refractivity contribution in [3.8, 4) is 39.1 Å². The number of aromatic nitrogens is 2. The molecular weight excluding hydrogens is 556 g/mol. The van der Waals surface area contributed by atoms with E-state index in [1.165, 1.54) is 60.1 Å². The minimum atomic E-state index is 0.986. The summed E-state index contributed by atoms with van der Waals surface area (Å²) in [7, 11) is 0. The van der Waals surface area contributed by atoms with Gasteiger partial charge in [0.25, 0.3) is 0 Å². The third-order valence-corrected chi connectivity index (χ3v) is 9.31. The van der Waals surface area contributed by atoms with Gasteiger partial charge in [0.2, 0.25) is 0 Å². The lowest BCUT2D eigenvalue weighted by atomic mass is 9.85. The van der Waals surface area contributed by atoms with Gasteiger partial charge in [0, 0.05) is 5.69 Å². The number of hydrogen-bond acceptors (Lipinski definition) is 1. The maximum atomic E-state index is 4.92. The first-order valence-corrected chi connectivity index (χ1v) is 15.8. The van der Waals surface area contributed by atoms with Gasteiger partial charge < -0.3 is 0 Å². The molecule has 2 heteroatoms. The Hall–Kier alpha value is -5.99. The molecule has 0 spiro atoms. The van der Waals surface area contributed by atoms with Gasteiger partial charge in [-0.2, -0.15) is 0 Å². The summed E-state index contributed by atoms with van der Waals surface area (Å²) < 4.78 is 2.22. The maximum Gasteiger partial charge on any atom is 0.111 e. The Labute approximate surface area is 267 Å². The molecule has 216 valence electrons. The minimum Gasteiger partial charge on any atom is -0.297 e. The van der Waals surface area contributed by atoms with Gasteiger partial charge in [0.1, 0.15) is 5.82 Å². The van der Waals surface area contributed by atoms with Gasteiger partial charge in [0.15, 0.2) is 0 Å². The first-order valence-electron chi connectivity index (χ1n) is 15.8. The molecule has 0 saturated carbocycles. The second kappa shape index (κ2) is 10.6. The Balaban J connectivity index is 1.18. The number of hydrogen-bond donors (Lipinski definition) is 0. The number of para-hydroxylation sites is 1. The van der Waals surface area contributed by atoms with Crippen LogP contribution >= 0.6 is 0 Å². The topological polar surface area (TPSA) is 17.8 Å². The van der Waals surface area contributed by atoms with Crippen molar-refractivity contribution >= 4 is 43.4 Å². The third kappa shape index (κ3) is 4.22. The van der Waals surface area contributed by atoms with Crippen LogP contribution in [0.2, 0.25) is 0 Å². The van der Waals surface area contributed by atoms with Gasteiger partial charge in [-0.05, 0) is 103 Å². The molecule has 0 saturated heterocycles. The highest BCUT2D eigenvalue weighted by Gasteiger charge is 2.17. The number of imidazole rings is 1. The number of rotatable bonds is 4. The molecule has 0 amide bonds. The lowest BCUT2D eigenvalue weighted by Gasteiger charge is -2.18. The van der Waals surface area contributed by atoms with E-state index in [4.69, 9.17) is 4.98 Å². The van der Waals surface area contributed by atoms with Crippen LogP contribution in [0.1, 0.15) is 5.82 Å². The average Bonchev–Trinajstić information content (AvgIpc) is 3.45. The van der Waals surface area contributed by atoms with Crippen molar-refractivity contribution in [2.24, 2.45) is 0 Å². The molecule has 0 atom stereocenters. The zero-order chi connectivity index (χ0) is 30.6. The monoisotopic (exact) mass is 586 g/mol. The predicted octanol–water partition coefficient (Wildman–Crippen LogP) is 11.8. The summed E-state index contributed by atoms with van der Waals surface area (Å²) in [4.78, 5) is 4.92. The Morgan fingerprint density at radius 3 is 1.61 bits per heavy atom. The Bertz CT molecular complexity index is 2520. The quantitative estimate of drug-likeness (QED) is 0.188. The lowest BCUT2D eigenvalue weighted by molar-refractivity contribution is 1.00. The predicted molar refractivity (Wildman–Crippen MR) is 195 cm³/mol. The fourth-order valence-corrected chi connectivity index (χ4v) is 7.21. The molecule has 0 aliphatic rings. The van der Waals surface area contributed by atoms with Crippen LogP contribution < -0.4 is 0 Å². The van der Waals surface area contributed by atoms with Crippen LogP contribution in [-0.2, 0) is 0 Å². The second-order valence-corrected chi connectivity index (χ2v) is 12.0. The first-order chi connectivity index (χ1) is 22.7. The molecule has 0 aliphatic carbocycles. The highest BCUT2D eigenvalue weighted by molar-refractivity contribution is 6.21. The normalized spacial score (nSPS) is 11.6. The third-order valence-electron chi connectivity index (χ3n) is 9.31. The number of nitrogens with zero attached hydrogens (tertiary/aromatic N) is 2. The number of aryl methyl sites for hydroxylation is 1. The highest BCUT2D eigenvalue weighted by atomic mass is 15.1. The van der Waals surface area contributed by atoms with E-state index in [0.29, 0.717) is 0 Å². The molecule has 0 radical (unpaired) electrons. The Morgan fingerprint density at radius 1 is 0.413 bits per heavy atom.